The van der Waals surface area contributed by atoms with E-state index in [4.69, 9.17) is 11.6 Å². The normalized spacial score (nSPS) is 11.9. The van der Waals surface area contributed by atoms with E-state index in [9.17, 15) is 9.59 Å². The third-order valence-corrected chi connectivity index (χ3v) is 5.05. The lowest BCUT2D eigenvalue weighted by atomic mass is 10.0. The van der Waals surface area contributed by atoms with Crippen molar-refractivity contribution in [3.8, 4) is 0 Å². The largest absolute Gasteiger partial charge is 0.354 e. The van der Waals surface area contributed by atoms with Gasteiger partial charge in [0.2, 0.25) is 11.8 Å². The molecule has 0 aliphatic rings. The van der Waals surface area contributed by atoms with Crippen molar-refractivity contribution in [2.75, 3.05) is 6.54 Å². The molecule has 2 rings (SSSR count). The van der Waals surface area contributed by atoms with Crippen LogP contribution in [0.4, 0.5) is 0 Å². The van der Waals surface area contributed by atoms with Gasteiger partial charge in [0.15, 0.2) is 0 Å². The van der Waals surface area contributed by atoms with Crippen LogP contribution < -0.4 is 5.32 Å². The van der Waals surface area contributed by atoms with Gasteiger partial charge in [-0.25, -0.2) is 0 Å². The number of halogens is 1. The second-order valence-corrected chi connectivity index (χ2v) is 8.00. The molecule has 0 aromatic heterocycles. The van der Waals surface area contributed by atoms with Gasteiger partial charge in [0, 0.05) is 24.0 Å². The minimum atomic E-state index is -0.677. The Bertz CT molecular complexity index is 775. The van der Waals surface area contributed by atoms with Gasteiger partial charge in [0.05, 0.1) is 0 Å². The second-order valence-electron chi connectivity index (χ2n) is 7.56. The molecule has 0 unspecified atom stereocenters. The average molecular weight is 415 g/mol. The number of nitrogens with one attached hydrogen (secondary N) is 1. The molecule has 1 N–H and O–H groups in total. The highest BCUT2D eigenvalue weighted by molar-refractivity contribution is 6.30. The molecule has 2 aromatic rings. The average Bonchev–Trinajstić information content (AvgIpc) is 2.72. The number of amides is 2. The molecule has 0 fully saturated rings. The molecule has 0 aliphatic heterocycles. The van der Waals surface area contributed by atoms with Gasteiger partial charge in [-0.1, -0.05) is 87.7 Å². The summed E-state index contributed by atoms with van der Waals surface area (Å²) in [5, 5.41) is 3.67. The van der Waals surface area contributed by atoms with Crippen molar-refractivity contribution in [3.63, 3.8) is 0 Å². The Labute approximate surface area is 179 Å². The zero-order valence-corrected chi connectivity index (χ0v) is 18.3. The first-order chi connectivity index (χ1) is 13.9. The highest BCUT2D eigenvalue weighted by Crippen LogP contribution is 2.26. The lowest BCUT2D eigenvalue weighted by molar-refractivity contribution is -0.144. The van der Waals surface area contributed by atoms with E-state index in [1.165, 1.54) is 0 Å². The number of rotatable bonds is 10. The third-order valence-electron chi connectivity index (χ3n) is 4.80. The number of hydrogen-bond acceptors (Lipinski definition) is 2. The maximum atomic E-state index is 13.2. The molecule has 0 heterocycles. The fourth-order valence-electron chi connectivity index (χ4n) is 3.21. The minimum Gasteiger partial charge on any atom is -0.354 e. The Morgan fingerprint density at radius 2 is 1.66 bits per heavy atom. The van der Waals surface area contributed by atoms with Gasteiger partial charge in [-0.2, -0.15) is 0 Å². The summed E-state index contributed by atoms with van der Waals surface area (Å²) in [4.78, 5) is 28.0. The Balaban J connectivity index is 2.35. The maximum Gasteiger partial charge on any atom is 0.247 e. The number of unbranched alkanes of at least 4 members (excludes halogenated alkanes) is 2. The van der Waals surface area contributed by atoms with Crippen LogP contribution in [-0.2, 0) is 16.1 Å². The topological polar surface area (TPSA) is 49.4 Å². The van der Waals surface area contributed by atoms with Crippen molar-refractivity contribution in [2.24, 2.45) is 5.92 Å². The highest BCUT2D eigenvalue weighted by atomic mass is 35.5. The van der Waals surface area contributed by atoms with Crippen molar-refractivity contribution >= 4 is 23.4 Å². The van der Waals surface area contributed by atoms with E-state index in [1.54, 1.807) is 17.0 Å². The Morgan fingerprint density at radius 1 is 1.00 bits per heavy atom. The van der Waals surface area contributed by atoms with Crippen molar-refractivity contribution in [1.29, 1.82) is 0 Å². The summed E-state index contributed by atoms with van der Waals surface area (Å²) in [5.41, 5.74) is 1.74. The molecule has 0 saturated carbocycles. The summed E-state index contributed by atoms with van der Waals surface area (Å²) >= 11 is 6.01. The predicted octanol–water partition coefficient (Wildman–Crippen LogP) is 5.37. The smallest absolute Gasteiger partial charge is 0.247 e. The van der Waals surface area contributed by atoms with Gasteiger partial charge in [-0.3, -0.25) is 9.59 Å². The lowest BCUT2D eigenvalue weighted by Crippen LogP contribution is -2.45. The van der Waals surface area contributed by atoms with Crippen LogP contribution in [-0.4, -0.2) is 23.3 Å². The summed E-state index contributed by atoms with van der Waals surface area (Å²) in [6.07, 6.45) is 3.08. The highest BCUT2D eigenvalue weighted by Gasteiger charge is 2.32. The van der Waals surface area contributed by atoms with Crippen LogP contribution >= 0.6 is 11.6 Å². The van der Waals surface area contributed by atoms with Gasteiger partial charge in [0.1, 0.15) is 6.04 Å². The zero-order chi connectivity index (χ0) is 21.2. The van der Waals surface area contributed by atoms with Crippen molar-refractivity contribution < 1.29 is 9.59 Å². The summed E-state index contributed by atoms with van der Waals surface area (Å²) in [7, 11) is 0. The molecule has 0 bridgehead atoms. The minimum absolute atomic E-state index is 0.0579. The van der Waals surface area contributed by atoms with E-state index < -0.39 is 6.04 Å². The first-order valence-corrected chi connectivity index (χ1v) is 10.7. The third kappa shape index (κ3) is 6.90. The van der Waals surface area contributed by atoms with Gasteiger partial charge in [-0.15, -0.1) is 0 Å². The maximum absolute atomic E-state index is 13.2. The van der Waals surface area contributed by atoms with Gasteiger partial charge in [0.25, 0.3) is 0 Å². The summed E-state index contributed by atoms with van der Waals surface area (Å²) in [5.74, 6) is -0.422. The molecule has 4 nitrogen and oxygen atoms in total. The molecular formula is C24H31ClN2O2. The predicted molar refractivity (Wildman–Crippen MR) is 119 cm³/mol. The number of hydrogen-bond donors (Lipinski definition) is 1. The molecule has 156 valence electrons. The molecule has 5 heteroatoms. The molecule has 0 spiro atoms. The number of benzene rings is 2. The van der Waals surface area contributed by atoms with E-state index in [1.807, 2.05) is 56.3 Å². The molecule has 0 saturated heterocycles. The monoisotopic (exact) mass is 414 g/mol. The van der Waals surface area contributed by atoms with Crippen LogP contribution in [0.1, 0.15) is 57.2 Å². The second kappa shape index (κ2) is 11.6. The van der Waals surface area contributed by atoms with Crippen LogP contribution in [0.5, 0.6) is 0 Å². The van der Waals surface area contributed by atoms with Crippen molar-refractivity contribution in [1.82, 2.24) is 10.2 Å². The Kier molecular flexibility index (Phi) is 9.20. The van der Waals surface area contributed by atoms with E-state index in [2.05, 4.69) is 12.2 Å². The first kappa shape index (κ1) is 23.0. The molecular weight excluding hydrogens is 384 g/mol. The van der Waals surface area contributed by atoms with Crippen LogP contribution in [0, 0.1) is 5.92 Å². The molecule has 1 atom stereocenters. The van der Waals surface area contributed by atoms with Crippen molar-refractivity contribution in [3.05, 3.63) is 70.7 Å². The molecule has 0 aliphatic carbocycles. The van der Waals surface area contributed by atoms with Crippen LogP contribution in [0.25, 0.3) is 0 Å². The van der Waals surface area contributed by atoms with Gasteiger partial charge >= 0.3 is 0 Å². The van der Waals surface area contributed by atoms with E-state index in [-0.39, 0.29) is 17.7 Å². The fraction of sp³-hybridized carbons (Fsp3) is 0.417. The standard InChI is InChI=1S/C24H31ClN2O2/c1-4-5-9-16-26-23(28)22(20-10-7-6-8-11-20)27(24(29)18(2)3)17-19-12-14-21(25)15-13-19/h6-8,10-15,18,22H,4-5,9,16-17H2,1-3H3,(H,26,28)/t22-/m0/s1. The number of carbonyl (C=O) groups is 2. The fourth-order valence-corrected chi connectivity index (χ4v) is 3.33. The zero-order valence-electron chi connectivity index (χ0n) is 17.5. The van der Waals surface area contributed by atoms with Crippen molar-refractivity contribution in [2.45, 2.75) is 52.6 Å². The Hall–Kier alpha value is -2.33. The Morgan fingerprint density at radius 3 is 2.24 bits per heavy atom. The molecule has 0 radical (unpaired) electrons. The molecule has 29 heavy (non-hydrogen) atoms. The van der Waals surface area contributed by atoms with Gasteiger partial charge in [-0.05, 0) is 29.7 Å². The van der Waals surface area contributed by atoms with Crippen LogP contribution in [0.2, 0.25) is 5.02 Å². The van der Waals surface area contributed by atoms with E-state index >= 15 is 0 Å². The van der Waals surface area contributed by atoms with E-state index in [0.29, 0.717) is 18.1 Å². The SMILES string of the molecule is CCCCCNC(=O)[C@H](c1ccccc1)N(Cc1ccc(Cl)cc1)C(=O)C(C)C. The molecule has 2 aromatic carbocycles. The summed E-state index contributed by atoms with van der Waals surface area (Å²) in [6.45, 7) is 6.80. The summed E-state index contributed by atoms with van der Waals surface area (Å²) < 4.78 is 0. The molecule has 2 amide bonds. The van der Waals surface area contributed by atoms with Crippen LogP contribution in [0.3, 0.4) is 0 Å². The first-order valence-electron chi connectivity index (χ1n) is 10.3. The number of nitrogens with zero attached hydrogens (tertiary/aromatic N) is 1. The quantitative estimate of drug-likeness (QED) is 0.531. The van der Waals surface area contributed by atoms with Gasteiger partial charge < -0.3 is 10.2 Å². The van der Waals surface area contributed by atoms with E-state index in [0.717, 1.165) is 30.4 Å². The van der Waals surface area contributed by atoms with Crippen LogP contribution in [0.15, 0.2) is 54.6 Å². The lowest BCUT2D eigenvalue weighted by Gasteiger charge is -2.33. The summed E-state index contributed by atoms with van der Waals surface area (Å²) in [6, 6.07) is 16.2. The number of carbonyl (C=O) groups excluding carboxylic acids is 2.